The van der Waals surface area contributed by atoms with Gasteiger partial charge in [-0.1, -0.05) is 21.9 Å². The molecule has 5 nitrogen and oxygen atoms in total. The molecule has 0 aliphatic rings. The normalized spacial score (nSPS) is 9.82. The SMILES string of the molecule is C#CCOc1ccc(Br)cc1CNc1ccc([N+](=O)[O-])cc1. The standard InChI is InChI=1S/C16H13BrN2O3/c1-2-9-22-16-8-3-13(17)10-12(16)11-18-14-4-6-15(7-5-14)19(20)21/h1,3-8,10,18H,9,11H2. The number of rotatable bonds is 6. The van der Waals surface area contributed by atoms with Gasteiger partial charge in [0.1, 0.15) is 12.4 Å². The summed E-state index contributed by atoms with van der Waals surface area (Å²) in [6, 6.07) is 11.9. The van der Waals surface area contributed by atoms with E-state index in [2.05, 4.69) is 27.2 Å². The van der Waals surface area contributed by atoms with E-state index in [0.29, 0.717) is 12.3 Å². The minimum atomic E-state index is -0.427. The highest BCUT2D eigenvalue weighted by Crippen LogP contribution is 2.24. The Morgan fingerprint density at radius 2 is 2.00 bits per heavy atom. The number of anilines is 1. The van der Waals surface area contributed by atoms with Gasteiger partial charge in [0, 0.05) is 34.4 Å². The molecule has 0 saturated carbocycles. The van der Waals surface area contributed by atoms with Crippen molar-refractivity contribution in [3.63, 3.8) is 0 Å². The summed E-state index contributed by atoms with van der Waals surface area (Å²) in [5.41, 5.74) is 1.78. The van der Waals surface area contributed by atoms with E-state index in [0.717, 1.165) is 15.7 Å². The van der Waals surface area contributed by atoms with Gasteiger partial charge in [-0.2, -0.15) is 0 Å². The van der Waals surface area contributed by atoms with Crippen LogP contribution < -0.4 is 10.1 Å². The summed E-state index contributed by atoms with van der Waals surface area (Å²) in [6.07, 6.45) is 5.21. The van der Waals surface area contributed by atoms with Gasteiger partial charge in [-0.15, -0.1) is 6.42 Å². The molecule has 6 heteroatoms. The van der Waals surface area contributed by atoms with Crippen LogP contribution in [0.25, 0.3) is 0 Å². The topological polar surface area (TPSA) is 64.4 Å². The number of hydrogen-bond donors (Lipinski definition) is 1. The summed E-state index contributed by atoms with van der Waals surface area (Å²) in [5, 5.41) is 13.8. The Morgan fingerprint density at radius 3 is 2.64 bits per heavy atom. The molecule has 2 aromatic rings. The second kappa shape index (κ2) is 7.48. The third-order valence-corrected chi connectivity index (χ3v) is 3.39. The van der Waals surface area contributed by atoms with E-state index < -0.39 is 4.92 Å². The molecule has 2 aromatic carbocycles. The predicted octanol–water partition coefficient (Wildman–Crippen LogP) is 3.98. The van der Waals surface area contributed by atoms with E-state index >= 15 is 0 Å². The molecule has 0 fully saturated rings. The molecule has 0 amide bonds. The number of hydrogen-bond acceptors (Lipinski definition) is 4. The second-order valence-electron chi connectivity index (χ2n) is 4.40. The van der Waals surface area contributed by atoms with Crippen LogP contribution in [0.15, 0.2) is 46.9 Å². The zero-order chi connectivity index (χ0) is 15.9. The first-order chi connectivity index (χ1) is 10.6. The summed E-state index contributed by atoms with van der Waals surface area (Å²) in [4.78, 5) is 10.2. The third kappa shape index (κ3) is 4.24. The molecule has 0 bridgehead atoms. The molecule has 0 heterocycles. The lowest BCUT2D eigenvalue weighted by Gasteiger charge is -2.12. The highest BCUT2D eigenvalue weighted by atomic mass is 79.9. The van der Waals surface area contributed by atoms with E-state index in [9.17, 15) is 10.1 Å². The highest BCUT2D eigenvalue weighted by molar-refractivity contribution is 9.10. The molecule has 1 N–H and O–H groups in total. The summed E-state index contributed by atoms with van der Waals surface area (Å²) >= 11 is 3.42. The maximum absolute atomic E-state index is 10.6. The van der Waals surface area contributed by atoms with E-state index in [4.69, 9.17) is 11.2 Å². The average Bonchev–Trinajstić information content (AvgIpc) is 2.52. The van der Waals surface area contributed by atoms with Crippen LogP contribution in [0.5, 0.6) is 5.75 Å². The zero-order valence-corrected chi connectivity index (χ0v) is 13.2. The van der Waals surface area contributed by atoms with Crippen molar-refractivity contribution in [1.29, 1.82) is 0 Å². The van der Waals surface area contributed by atoms with Gasteiger partial charge in [0.25, 0.3) is 5.69 Å². The van der Waals surface area contributed by atoms with E-state index in [-0.39, 0.29) is 12.3 Å². The maximum atomic E-state index is 10.6. The first-order valence-electron chi connectivity index (χ1n) is 6.43. The molecule has 112 valence electrons. The molecular weight excluding hydrogens is 348 g/mol. The van der Waals surface area contributed by atoms with Crippen LogP contribution in [0.3, 0.4) is 0 Å². The van der Waals surface area contributed by atoms with Crippen LogP contribution in [-0.4, -0.2) is 11.5 Å². The average molecular weight is 361 g/mol. The van der Waals surface area contributed by atoms with Crippen LogP contribution in [0.1, 0.15) is 5.56 Å². The van der Waals surface area contributed by atoms with Gasteiger partial charge in [-0.05, 0) is 30.3 Å². The largest absolute Gasteiger partial charge is 0.481 e. The van der Waals surface area contributed by atoms with Gasteiger partial charge in [0.15, 0.2) is 0 Å². The van der Waals surface area contributed by atoms with Crippen LogP contribution in [0.2, 0.25) is 0 Å². The Kier molecular flexibility index (Phi) is 5.39. The molecule has 0 saturated heterocycles. The van der Waals surface area contributed by atoms with Crippen molar-refractivity contribution < 1.29 is 9.66 Å². The number of nitro groups is 1. The fraction of sp³-hybridized carbons (Fsp3) is 0.125. The Labute approximate surface area is 136 Å². The molecule has 0 aliphatic heterocycles. The fourth-order valence-electron chi connectivity index (χ4n) is 1.84. The van der Waals surface area contributed by atoms with E-state index in [1.165, 1.54) is 12.1 Å². The molecule has 0 spiro atoms. The van der Waals surface area contributed by atoms with Crippen molar-refractivity contribution in [3.05, 3.63) is 62.6 Å². The van der Waals surface area contributed by atoms with Crippen LogP contribution in [0.4, 0.5) is 11.4 Å². The predicted molar refractivity (Wildman–Crippen MR) is 88.9 cm³/mol. The van der Waals surface area contributed by atoms with E-state index in [1.54, 1.807) is 12.1 Å². The zero-order valence-electron chi connectivity index (χ0n) is 11.6. The summed E-state index contributed by atoms with van der Waals surface area (Å²) in [5.74, 6) is 3.13. The van der Waals surface area contributed by atoms with Crippen molar-refractivity contribution in [2.45, 2.75) is 6.54 Å². The van der Waals surface area contributed by atoms with Crippen LogP contribution in [-0.2, 0) is 6.54 Å². The lowest BCUT2D eigenvalue weighted by atomic mass is 10.2. The second-order valence-corrected chi connectivity index (χ2v) is 5.32. The van der Waals surface area contributed by atoms with Crippen LogP contribution >= 0.6 is 15.9 Å². The Balaban J connectivity index is 2.08. The lowest BCUT2D eigenvalue weighted by Crippen LogP contribution is -2.04. The third-order valence-electron chi connectivity index (χ3n) is 2.89. The summed E-state index contributed by atoms with van der Waals surface area (Å²) in [7, 11) is 0. The molecular formula is C16H13BrN2O3. The van der Waals surface area contributed by atoms with Crippen molar-refractivity contribution in [2.24, 2.45) is 0 Å². The van der Waals surface area contributed by atoms with Crippen molar-refractivity contribution in [2.75, 3.05) is 11.9 Å². The quantitative estimate of drug-likeness (QED) is 0.480. The Bertz CT molecular complexity index is 708. The highest BCUT2D eigenvalue weighted by Gasteiger charge is 2.06. The molecule has 0 aromatic heterocycles. The number of nitro benzene ring substituents is 1. The van der Waals surface area contributed by atoms with E-state index in [1.807, 2.05) is 18.2 Å². The monoisotopic (exact) mass is 360 g/mol. The Morgan fingerprint density at radius 1 is 1.27 bits per heavy atom. The Hall–Kier alpha value is -2.52. The van der Waals surface area contributed by atoms with Gasteiger partial charge in [0.2, 0.25) is 0 Å². The van der Waals surface area contributed by atoms with Gasteiger partial charge in [-0.3, -0.25) is 10.1 Å². The smallest absolute Gasteiger partial charge is 0.269 e. The minimum absolute atomic E-state index is 0.0612. The number of non-ortho nitro benzene ring substituents is 1. The number of terminal acetylenes is 1. The molecule has 0 aliphatic carbocycles. The first-order valence-corrected chi connectivity index (χ1v) is 7.22. The van der Waals surface area contributed by atoms with Crippen LogP contribution in [0, 0.1) is 22.5 Å². The molecule has 0 radical (unpaired) electrons. The number of halogens is 1. The first kappa shape index (κ1) is 15.9. The maximum Gasteiger partial charge on any atom is 0.269 e. The lowest BCUT2D eigenvalue weighted by molar-refractivity contribution is -0.384. The minimum Gasteiger partial charge on any atom is -0.481 e. The van der Waals surface area contributed by atoms with Gasteiger partial charge in [0.05, 0.1) is 4.92 Å². The summed E-state index contributed by atoms with van der Waals surface area (Å²) in [6.45, 7) is 0.712. The number of benzene rings is 2. The number of nitrogens with one attached hydrogen (secondary N) is 1. The van der Waals surface area contributed by atoms with Gasteiger partial charge < -0.3 is 10.1 Å². The van der Waals surface area contributed by atoms with Crippen molar-refractivity contribution >= 4 is 27.3 Å². The molecule has 0 atom stereocenters. The molecule has 0 unspecified atom stereocenters. The molecule has 2 rings (SSSR count). The summed E-state index contributed by atoms with van der Waals surface area (Å²) < 4.78 is 6.43. The number of nitrogens with zero attached hydrogens (tertiary/aromatic N) is 1. The fourth-order valence-corrected chi connectivity index (χ4v) is 2.25. The van der Waals surface area contributed by atoms with Gasteiger partial charge >= 0.3 is 0 Å². The van der Waals surface area contributed by atoms with Crippen molar-refractivity contribution in [3.8, 4) is 18.1 Å². The number of ether oxygens (including phenoxy) is 1. The van der Waals surface area contributed by atoms with Gasteiger partial charge in [-0.25, -0.2) is 0 Å². The molecule has 22 heavy (non-hydrogen) atoms. The van der Waals surface area contributed by atoms with Crippen molar-refractivity contribution in [1.82, 2.24) is 0 Å².